The summed E-state index contributed by atoms with van der Waals surface area (Å²) in [5.74, 6) is 1.63. The summed E-state index contributed by atoms with van der Waals surface area (Å²) in [6.07, 6.45) is 3.61. The number of hydrogen-bond acceptors (Lipinski definition) is 14. The van der Waals surface area contributed by atoms with Crippen molar-refractivity contribution in [3.63, 3.8) is 0 Å². The van der Waals surface area contributed by atoms with E-state index in [1.807, 2.05) is 0 Å². The van der Waals surface area contributed by atoms with E-state index in [-0.39, 0.29) is 41.8 Å². The molecule has 2 aromatic rings. The Bertz CT molecular complexity index is 813. The Hall–Kier alpha value is -2.94. The van der Waals surface area contributed by atoms with Crippen LogP contribution in [0, 0.1) is 5.41 Å². The molecular weight excluding hydrogens is 432 g/mol. The molecule has 8 N–H and O–H groups in total. The Balaban J connectivity index is 1.13. The lowest BCUT2D eigenvalue weighted by atomic mass is 9.90. The molecule has 0 aliphatic carbocycles. The number of aryl methyl sites for hydroxylation is 2. The van der Waals surface area contributed by atoms with Gasteiger partial charge < -0.3 is 41.9 Å². The van der Waals surface area contributed by atoms with E-state index >= 15 is 0 Å². The first-order valence-electron chi connectivity index (χ1n) is 10.9. The van der Waals surface area contributed by atoms with E-state index in [1.165, 1.54) is 0 Å². The molecule has 0 unspecified atom stereocenters. The minimum Gasteiger partial charge on any atom is -0.368 e. The number of nitrogens with zero attached hydrogens (tertiary/aromatic N) is 6. The second-order valence-electron chi connectivity index (χ2n) is 8.32. The molecule has 0 bridgehead atoms. The van der Waals surface area contributed by atoms with E-state index in [9.17, 15) is 0 Å². The van der Waals surface area contributed by atoms with Crippen LogP contribution in [0.25, 0.3) is 0 Å². The number of aromatic nitrogens is 6. The molecule has 2 saturated heterocycles. The molecule has 4 rings (SSSR count). The first kappa shape index (κ1) is 23.2. The number of rotatable bonds is 8. The van der Waals surface area contributed by atoms with E-state index in [1.54, 1.807) is 0 Å². The maximum atomic E-state index is 5.92. The fourth-order valence-corrected chi connectivity index (χ4v) is 3.75. The molecule has 2 aromatic heterocycles. The molecule has 1 spiro atoms. The third-order valence-electron chi connectivity index (χ3n) is 5.41. The van der Waals surface area contributed by atoms with Gasteiger partial charge in [-0.25, -0.2) is 0 Å². The van der Waals surface area contributed by atoms with Crippen molar-refractivity contribution in [2.75, 3.05) is 49.4 Å². The van der Waals surface area contributed by atoms with Crippen LogP contribution in [-0.2, 0) is 31.8 Å². The zero-order chi connectivity index (χ0) is 23.3. The molecule has 0 saturated carbocycles. The van der Waals surface area contributed by atoms with Gasteiger partial charge in [-0.3, -0.25) is 0 Å². The van der Waals surface area contributed by atoms with Gasteiger partial charge in [-0.2, -0.15) is 29.9 Å². The number of nitrogens with two attached hydrogens (primary N) is 4. The summed E-state index contributed by atoms with van der Waals surface area (Å²) < 4.78 is 23.7. The highest BCUT2D eigenvalue weighted by molar-refractivity contribution is 5.26. The standard InChI is InChI=1S/C19H30N10O4/c20-15-24-11(25-16(21)28-15)3-1-5-13-30-7-19(8-31-13)9-32-14(33-10-19)6-2-4-12-26-17(22)29-18(23)27-12/h13-14H,1-10H2,(H4,20,21,24,25,28)(H4,22,23,26,27,29). The van der Waals surface area contributed by atoms with Gasteiger partial charge in [0.2, 0.25) is 23.8 Å². The first-order valence-corrected chi connectivity index (χ1v) is 10.9. The highest BCUT2D eigenvalue weighted by Crippen LogP contribution is 2.32. The zero-order valence-electron chi connectivity index (χ0n) is 18.4. The molecule has 180 valence electrons. The van der Waals surface area contributed by atoms with Gasteiger partial charge >= 0.3 is 0 Å². The van der Waals surface area contributed by atoms with Crippen molar-refractivity contribution in [3.05, 3.63) is 11.6 Å². The largest absolute Gasteiger partial charge is 0.368 e. The van der Waals surface area contributed by atoms with Gasteiger partial charge in [0.15, 0.2) is 12.6 Å². The minimum atomic E-state index is -0.290. The maximum Gasteiger partial charge on any atom is 0.225 e. The van der Waals surface area contributed by atoms with Crippen LogP contribution in [0.1, 0.15) is 37.3 Å². The fourth-order valence-electron chi connectivity index (χ4n) is 3.75. The van der Waals surface area contributed by atoms with Crippen molar-refractivity contribution in [1.29, 1.82) is 0 Å². The summed E-state index contributed by atoms with van der Waals surface area (Å²) in [4.78, 5) is 23.8. The molecule has 0 aromatic carbocycles. The number of hydrogen-bond donors (Lipinski definition) is 4. The molecule has 14 nitrogen and oxygen atoms in total. The Kier molecular flexibility index (Phi) is 7.27. The van der Waals surface area contributed by atoms with Crippen LogP contribution in [0.2, 0.25) is 0 Å². The van der Waals surface area contributed by atoms with Crippen LogP contribution in [0.5, 0.6) is 0 Å². The van der Waals surface area contributed by atoms with Crippen LogP contribution < -0.4 is 22.9 Å². The molecule has 0 amide bonds. The summed E-state index contributed by atoms with van der Waals surface area (Å²) in [5.41, 5.74) is 22.1. The van der Waals surface area contributed by atoms with E-state index in [4.69, 9.17) is 41.9 Å². The third-order valence-corrected chi connectivity index (χ3v) is 5.41. The maximum absolute atomic E-state index is 5.92. The van der Waals surface area contributed by atoms with E-state index in [0.29, 0.717) is 63.8 Å². The smallest absolute Gasteiger partial charge is 0.225 e. The van der Waals surface area contributed by atoms with Gasteiger partial charge in [-0.05, 0) is 25.7 Å². The molecule has 4 heterocycles. The summed E-state index contributed by atoms with van der Waals surface area (Å²) in [6.45, 7) is 2.05. The lowest BCUT2D eigenvalue weighted by Crippen LogP contribution is -2.52. The Morgan fingerprint density at radius 1 is 0.576 bits per heavy atom. The van der Waals surface area contributed by atoms with Crippen molar-refractivity contribution in [1.82, 2.24) is 29.9 Å². The minimum absolute atomic E-state index is 0.125. The topological polar surface area (TPSA) is 218 Å². The molecule has 33 heavy (non-hydrogen) atoms. The van der Waals surface area contributed by atoms with Gasteiger partial charge in [-0.1, -0.05) is 0 Å². The molecule has 0 atom stereocenters. The normalized spacial score (nSPS) is 25.3. The lowest BCUT2D eigenvalue weighted by Gasteiger charge is -2.43. The summed E-state index contributed by atoms with van der Waals surface area (Å²) >= 11 is 0. The molecule has 0 radical (unpaired) electrons. The van der Waals surface area contributed by atoms with Crippen molar-refractivity contribution in [3.8, 4) is 0 Å². The molecule has 14 heteroatoms. The van der Waals surface area contributed by atoms with Crippen molar-refractivity contribution >= 4 is 23.8 Å². The fraction of sp³-hybridized carbons (Fsp3) is 0.684. The predicted octanol–water partition coefficient (Wildman–Crippen LogP) is -0.537. The van der Waals surface area contributed by atoms with Crippen LogP contribution in [-0.4, -0.2) is 68.9 Å². The number of anilines is 4. The van der Waals surface area contributed by atoms with Crippen molar-refractivity contribution < 1.29 is 18.9 Å². The Morgan fingerprint density at radius 3 is 1.24 bits per heavy atom. The second-order valence-corrected chi connectivity index (χ2v) is 8.32. The number of ether oxygens (including phenoxy) is 4. The predicted molar refractivity (Wildman–Crippen MR) is 117 cm³/mol. The first-order chi connectivity index (χ1) is 15.9. The second kappa shape index (κ2) is 10.3. The summed E-state index contributed by atoms with van der Waals surface area (Å²) in [6, 6.07) is 0. The van der Waals surface area contributed by atoms with Gasteiger partial charge in [0.1, 0.15) is 11.6 Å². The SMILES string of the molecule is Nc1nc(N)nc(CCCC2OCC3(CO2)COC(CCCc2nc(N)nc(N)n2)OC3)n1. The Labute approximate surface area is 190 Å². The average molecular weight is 463 g/mol. The van der Waals surface area contributed by atoms with E-state index < -0.39 is 0 Å². The average Bonchev–Trinajstić information content (AvgIpc) is 2.75. The molecule has 2 aliphatic rings. The van der Waals surface area contributed by atoms with Gasteiger partial charge in [0.05, 0.1) is 31.8 Å². The van der Waals surface area contributed by atoms with Gasteiger partial charge in [-0.15, -0.1) is 0 Å². The van der Waals surface area contributed by atoms with Crippen molar-refractivity contribution in [2.45, 2.75) is 51.1 Å². The van der Waals surface area contributed by atoms with Crippen LogP contribution in [0.15, 0.2) is 0 Å². The van der Waals surface area contributed by atoms with Crippen LogP contribution in [0.3, 0.4) is 0 Å². The van der Waals surface area contributed by atoms with Gasteiger partial charge in [0, 0.05) is 12.8 Å². The van der Waals surface area contributed by atoms with E-state index in [0.717, 1.165) is 12.8 Å². The third kappa shape index (κ3) is 6.54. The molecular formula is C19H30N10O4. The van der Waals surface area contributed by atoms with Gasteiger partial charge in [0.25, 0.3) is 0 Å². The molecule has 2 aliphatic heterocycles. The highest BCUT2D eigenvalue weighted by Gasteiger charge is 2.41. The quantitative estimate of drug-likeness (QED) is 0.387. The zero-order valence-corrected chi connectivity index (χ0v) is 18.4. The molecule has 2 fully saturated rings. The van der Waals surface area contributed by atoms with Crippen LogP contribution >= 0.6 is 0 Å². The summed E-state index contributed by atoms with van der Waals surface area (Å²) in [7, 11) is 0. The lowest BCUT2D eigenvalue weighted by molar-refractivity contribution is -0.304. The van der Waals surface area contributed by atoms with Crippen LogP contribution in [0.4, 0.5) is 23.8 Å². The highest BCUT2D eigenvalue weighted by atomic mass is 16.7. The Morgan fingerprint density at radius 2 is 0.909 bits per heavy atom. The number of nitrogen functional groups attached to an aromatic ring is 4. The summed E-state index contributed by atoms with van der Waals surface area (Å²) in [5, 5.41) is 0. The van der Waals surface area contributed by atoms with E-state index in [2.05, 4.69) is 29.9 Å². The van der Waals surface area contributed by atoms with Crippen molar-refractivity contribution in [2.24, 2.45) is 5.41 Å². The monoisotopic (exact) mass is 462 g/mol.